The minimum atomic E-state index is -2.61. The van der Waals surface area contributed by atoms with E-state index in [1.54, 1.807) is 4.68 Å². The second-order valence-electron chi connectivity index (χ2n) is 6.78. The van der Waals surface area contributed by atoms with Crippen LogP contribution in [0, 0.1) is 17.2 Å². The molecule has 0 aromatic carbocycles. The van der Waals surface area contributed by atoms with Gasteiger partial charge >= 0.3 is 0 Å². The number of aromatic amines is 1. The molecule has 2 aliphatic carbocycles. The number of nitrogens with zero attached hydrogens (tertiary/aromatic N) is 4. The van der Waals surface area contributed by atoms with Crippen LogP contribution in [0.4, 0.5) is 8.78 Å². The standard InChI is InChI=1S/C16H17F2N5O/c17-16(18)5-3-10(4-6-16)23-14-12(8-20-23)15(24)22-13(21-14)11-2-1-9(11)7-19/h8-11H,1-6H2,(H,21,22,24)/t9-,11+/m0/s1. The summed E-state index contributed by atoms with van der Waals surface area (Å²) in [6, 6.07) is 2.06. The highest BCUT2D eigenvalue weighted by Gasteiger charge is 2.37. The van der Waals surface area contributed by atoms with Gasteiger partial charge in [0.05, 0.1) is 24.2 Å². The first kappa shape index (κ1) is 15.2. The molecule has 0 aliphatic heterocycles. The zero-order chi connectivity index (χ0) is 16.9. The van der Waals surface area contributed by atoms with Crippen LogP contribution >= 0.6 is 0 Å². The van der Waals surface area contributed by atoms with Gasteiger partial charge in [-0.25, -0.2) is 18.4 Å². The van der Waals surface area contributed by atoms with Gasteiger partial charge in [0.2, 0.25) is 5.92 Å². The molecule has 2 atom stereocenters. The molecular weight excluding hydrogens is 316 g/mol. The molecule has 24 heavy (non-hydrogen) atoms. The van der Waals surface area contributed by atoms with E-state index in [1.807, 2.05) is 0 Å². The van der Waals surface area contributed by atoms with E-state index in [0.717, 1.165) is 12.8 Å². The van der Waals surface area contributed by atoms with Crippen molar-refractivity contribution in [2.45, 2.75) is 56.4 Å². The van der Waals surface area contributed by atoms with Crippen molar-refractivity contribution >= 4 is 11.0 Å². The number of H-pyrrole nitrogens is 1. The summed E-state index contributed by atoms with van der Waals surface area (Å²) in [6.07, 6.45) is 3.36. The Morgan fingerprint density at radius 3 is 2.67 bits per heavy atom. The number of fused-ring (bicyclic) bond motifs is 1. The first-order valence-electron chi connectivity index (χ1n) is 8.23. The number of hydrogen-bond donors (Lipinski definition) is 1. The SMILES string of the molecule is N#C[C@@H]1CC[C@H]1c1nc2c(cnn2C2CCC(F)(F)CC2)c(=O)[nH]1. The summed E-state index contributed by atoms with van der Waals surface area (Å²) in [5.41, 5.74) is 0.151. The third-order valence-corrected chi connectivity index (χ3v) is 5.31. The van der Waals surface area contributed by atoms with Crippen LogP contribution in [0.3, 0.4) is 0 Å². The zero-order valence-electron chi connectivity index (χ0n) is 13.0. The third kappa shape index (κ3) is 2.39. The van der Waals surface area contributed by atoms with Crippen LogP contribution in [0.15, 0.2) is 11.0 Å². The Kier molecular flexibility index (Phi) is 3.41. The molecule has 2 aromatic heterocycles. The lowest BCUT2D eigenvalue weighted by atomic mass is 9.74. The topological polar surface area (TPSA) is 87.4 Å². The number of rotatable bonds is 2. The molecule has 1 N–H and O–H groups in total. The minimum absolute atomic E-state index is 0.0638. The zero-order valence-corrected chi connectivity index (χ0v) is 13.0. The van der Waals surface area contributed by atoms with Gasteiger partial charge in [0.15, 0.2) is 5.65 Å². The van der Waals surface area contributed by atoms with Gasteiger partial charge in [-0.1, -0.05) is 0 Å². The van der Waals surface area contributed by atoms with E-state index in [2.05, 4.69) is 21.1 Å². The molecule has 0 bridgehead atoms. The van der Waals surface area contributed by atoms with Crippen LogP contribution in [0.1, 0.15) is 56.3 Å². The molecule has 126 valence electrons. The van der Waals surface area contributed by atoms with Crippen LogP contribution in [-0.4, -0.2) is 25.7 Å². The molecule has 2 aliphatic rings. The molecule has 8 heteroatoms. The number of hydrogen-bond acceptors (Lipinski definition) is 4. The maximum Gasteiger partial charge on any atom is 0.262 e. The van der Waals surface area contributed by atoms with Crippen LogP contribution in [0.2, 0.25) is 0 Å². The number of nitriles is 1. The predicted molar refractivity (Wildman–Crippen MR) is 81.7 cm³/mol. The van der Waals surface area contributed by atoms with E-state index in [4.69, 9.17) is 5.26 Å². The Labute approximate surface area is 136 Å². The van der Waals surface area contributed by atoms with E-state index in [9.17, 15) is 13.6 Å². The van der Waals surface area contributed by atoms with Crippen molar-refractivity contribution in [2.75, 3.05) is 0 Å². The Balaban J connectivity index is 1.71. The van der Waals surface area contributed by atoms with Crippen molar-refractivity contribution in [2.24, 2.45) is 5.92 Å². The quantitative estimate of drug-likeness (QED) is 0.915. The molecule has 0 spiro atoms. The van der Waals surface area contributed by atoms with Crippen LogP contribution in [0.5, 0.6) is 0 Å². The van der Waals surface area contributed by atoms with Gasteiger partial charge in [-0.3, -0.25) is 4.79 Å². The van der Waals surface area contributed by atoms with Gasteiger partial charge in [-0.2, -0.15) is 10.4 Å². The fraction of sp³-hybridized carbons (Fsp3) is 0.625. The highest BCUT2D eigenvalue weighted by atomic mass is 19.3. The van der Waals surface area contributed by atoms with E-state index < -0.39 is 5.92 Å². The molecule has 4 rings (SSSR count). The van der Waals surface area contributed by atoms with Gasteiger partial charge in [-0.05, 0) is 25.7 Å². The predicted octanol–water partition coefficient (Wildman–Crippen LogP) is 2.89. The van der Waals surface area contributed by atoms with Crippen LogP contribution in [0.25, 0.3) is 11.0 Å². The summed E-state index contributed by atoms with van der Waals surface area (Å²) in [6.45, 7) is 0. The first-order valence-corrected chi connectivity index (χ1v) is 8.23. The lowest BCUT2D eigenvalue weighted by Gasteiger charge is -2.30. The van der Waals surface area contributed by atoms with E-state index in [0.29, 0.717) is 29.7 Å². The van der Waals surface area contributed by atoms with Gasteiger partial charge in [0.1, 0.15) is 11.2 Å². The minimum Gasteiger partial charge on any atom is -0.310 e. The molecule has 2 heterocycles. The smallest absolute Gasteiger partial charge is 0.262 e. The van der Waals surface area contributed by atoms with Crippen LogP contribution < -0.4 is 5.56 Å². The second kappa shape index (κ2) is 5.36. The van der Waals surface area contributed by atoms with E-state index in [-0.39, 0.29) is 36.3 Å². The maximum atomic E-state index is 13.4. The van der Waals surface area contributed by atoms with Crippen molar-refractivity contribution < 1.29 is 8.78 Å². The summed E-state index contributed by atoms with van der Waals surface area (Å²) < 4.78 is 28.4. The van der Waals surface area contributed by atoms with Gasteiger partial charge in [0, 0.05) is 18.8 Å². The molecule has 0 saturated heterocycles. The van der Waals surface area contributed by atoms with E-state index >= 15 is 0 Å². The van der Waals surface area contributed by atoms with Crippen molar-refractivity contribution in [3.63, 3.8) is 0 Å². The lowest BCUT2D eigenvalue weighted by Crippen LogP contribution is -2.28. The summed E-state index contributed by atoms with van der Waals surface area (Å²) in [5, 5.41) is 13.7. The second-order valence-corrected chi connectivity index (χ2v) is 6.78. The van der Waals surface area contributed by atoms with Crippen LogP contribution in [-0.2, 0) is 0 Å². The highest BCUT2D eigenvalue weighted by molar-refractivity contribution is 5.73. The monoisotopic (exact) mass is 333 g/mol. The molecule has 0 unspecified atom stereocenters. The summed E-state index contributed by atoms with van der Waals surface area (Å²) >= 11 is 0. The average molecular weight is 333 g/mol. The fourth-order valence-corrected chi connectivity index (χ4v) is 3.65. The normalized spacial score (nSPS) is 26.9. The van der Waals surface area contributed by atoms with Crippen molar-refractivity contribution in [3.8, 4) is 6.07 Å². The summed E-state index contributed by atoms with van der Waals surface area (Å²) in [5.74, 6) is -2.30. The molecule has 2 fully saturated rings. The molecular formula is C16H17F2N5O. The largest absolute Gasteiger partial charge is 0.310 e. The molecule has 2 aromatic rings. The van der Waals surface area contributed by atoms with Crippen molar-refractivity contribution in [1.29, 1.82) is 5.26 Å². The highest BCUT2D eigenvalue weighted by Crippen LogP contribution is 2.41. The number of nitrogens with one attached hydrogen (secondary N) is 1. The lowest BCUT2D eigenvalue weighted by molar-refractivity contribution is -0.0446. The van der Waals surface area contributed by atoms with Gasteiger partial charge in [0.25, 0.3) is 5.56 Å². The first-order chi connectivity index (χ1) is 11.5. The number of halogens is 2. The van der Waals surface area contributed by atoms with Gasteiger partial charge in [-0.15, -0.1) is 0 Å². The maximum absolute atomic E-state index is 13.4. The average Bonchev–Trinajstić information content (AvgIpc) is 2.91. The van der Waals surface area contributed by atoms with Gasteiger partial charge < -0.3 is 4.98 Å². The Morgan fingerprint density at radius 1 is 1.29 bits per heavy atom. The summed E-state index contributed by atoms with van der Waals surface area (Å²) in [7, 11) is 0. The van der Waals surface area contributed by atoms with Crippen molar-refractivity contribution in [1.82, 2.24) is 19.7 Å². The molecule has 0 radical (unpaired) electrons. The molecule has 6 nitrogen and oxygen atoms in total. The molecule has 2 saturated carbocycles. The fourth-order valence-electron chi connectivity index (χ4n) is 3.65. The third-order valence-electron chi connectivity index (χ3n) is 5.31. The Morgan fingerprint density at radius 2 is 2.04 bits per heavy atom. The number of alkyl halides is 2. The number of aromatic nitrogens is 4. The molecule has 0 amide bonds. The van der Waals surface area contributed by atoms with Crippen molar-refractivity contribution in [3.05, 3.63) is 22.4 Å². The summed E-state index contributed by atoms with van der Waals surface area (Å²) in [4.78, 5) is 19.6. The Bertz CT molecular complexity index is 871. The Hall–Kier alpha value is -2.30. The van der Waals surface area contributed by atoms with E-state index in [1.165, 1.54) is 6.20 Å².